The summed E-state index contributed by atoms with van der Waals surface area (Å²) in [4.78, 5) is 12.4. The number of nitrogens with one attached hydrogen (secondary N) is 1. The molecular weight excluding hydrogens is 270 g/mol. The molecule has 1 fully saturated rings. The quantitative estimate of drug-likeness (QED) is 0.902. The molecule has 0 atom stereocenters. The van der Waals surface area contributed by atoms with Gasteiger partial charge in [-0.05, 0) is 49.1 Å². The summed E-state index contributed by atoms with van der Waals surface area (Å²) < 4.78 is 0. The molecule has 3 rings (SSSR count). The largest absolute Gasteiger partial charge is 0.343 e. The lowest BCUT2D eigenvalue weighted by Crippen LogP contribution is -2.50. The molecule has 2 aromatic carbocycles. The summed E-state index contributed by atoms with van der Waals surface area (Å²) >= 11 is 5.94. The lowest BCUT2D eigenvalue weighted by Gasteiger charge is -2.43. The van der Waals surface area contributed by atoms with Crippen LogP contribution in [0.3, 0.4) is 0 Å². The second kappa shape index (κ2) is 5.29. The summed E-state index contributed by atoms with van der Waals surface area (Å²) in [6.07, 6.45) is 3.10. The Morgan fingerprint density at radius 2 is 1.65 bits per heavy atom. The fourth-order valence-electron chi connectivity index (χ4n) is 2.66. The van der Waals surface area contributed by atoms with Crippen LogP contribution < -0.4 is 5.32 Å². The zero-order valence-electron chi connectivity index (χ0n) is 11.1. The number of hydrogen-bond acceptors (Lipinski definition) is 1. The molecule has 0 saturated heterocycles. The first kappa shape index (κ1) is 13.2. The van der Waals surface area contributed by atoms with Gasteiger partial charge in [0.15, 0.2) is 0 Å². The maximum absolute atomic E-state index is 12.4. The van der Waals surface area contributed by atoms with E-state index in [-0.39, 0.29) is 11.4 Å². The Labute approximate surface area is 123 Å². The highest BCUT2D eigenvalue weighted by molar-refractivity contribution is 6.30. The van der Waals surface area contributed by atoms with E-state index in [2.05, 4.69) is 5.32 Å². The Morgan fingerprint density at radius 1 is 1.00 bits per heavy atom. The lowest BCUT2D eigenvalue weighted by molar-refractivity contribution is 0.0823. The maximum Gasteiger partial charge on any atom is 0.251 e. The van der Waals surface area contributed by atoms with Crippen LogP contribution in [0.4, 0.5) is 0 Å². The van der Waals surface area contributed by atoms with E-state index >= 15 is 0 Å². The van der Waals surface area contributed by atoms with Crippen LogP contribution in [-0.2, 0) is 5.54 Å². The van der Waals surface area contributed by atoms with Gasteiger partial charge in [0.05, 0.1) is 5.54 Å². The molecule has 2 nitrogen and oxygen atoms in total. The fourth-order valence-corrected chi connectivity index (χ4v) is 2.79. The Kier molecular flexibility index (Phi) is 3.49. The van der Waals surface area contributed by atoms with Gasteiger partial charge in [0, 0.05) is 10.6 Å². The number of hydrogen-bond donors (Lipinski definition) is 1. The average molecular weight is 286 g/mol. The van der Waals surface area contributed by atoms with Gasteiger partial charge in [-0.3, -0.25) is 4.79 Å². The monoisotopic (exact) mass is 285 g/mol. The van der Waals surface area contributed by atoms with Crippen LogP contribution in [0.2, 0.25) is 5.02 Å². The van der Waals surface area contributed by atoms with Crippen molar-refractivity contribution in [2.45, 2.75) is 24.8 Å². The highest BCUT2D eigenvalue weighted by Crippen LogP contribution is 2.41. The zero-order valence-corrected chi connectivity index (χ0v) is 11.9. The first-order valence-electron chi connectivity index (χ1n) is 6.83. The van der Waals surface area contributed by atoms with Gasteiger partial charge in [-0.15, -0.1) is 0 Å². The molecule has 1 saturated carbocycles. The third-order valence-corrected chi connectivity index (χ3v) is 4.24. The Balaban J connectivity index is 1.83. The molecule has 0 spiro atoms. The summed E-state index contributed by atoms with van der Waals surface area (Å²) in [6.45, 7) is 0. The van der Waals surface area contributed by atoms with Gasteiger partial charge in [0.1, 0.15) is 0 Å². The molecule has 0 unspecified atom stereocenters. The van der Waals surface area contributed by atoms with E-state index in [0.717, 1.165) is 29.8 Å². The average Bonchev–Trinajstić information content (AvgIpc) is 2.45. The normalized spacial score (nSPS) is 16.2. The van der Waals surface area contributed by atoms with Gasteiger partial charge < -0.3 is 5.32 Å². The fraction of sp³-hybridized carbons (Fsp3) is 0.235. The number of carbonyl (C=O) groups excluding carboxylic acids is 1. The molecule has 20 heavy (non-hydrogen) atoms. The summed E-state index contributed by atoms with van der Waals surface area (Å²) in [5.41, 5.74) is 1.61. The highest BCUT2D eigenvalue weighted by atomic mass is 35.5. The predicted molar refractivity (Wildman–Crippen MR) is 80.9 cm³/mol. The molecule has 1 amide bonds. The molecule has 3 heteroatoms. The SMILES string of the molecule is O=C(NC1(c2ccc(Cl)cc2)CCC1)c1ccccc1. The van der Waals surface area contributed by atoms with Crippen LogP contribution in [0, 0.1) is 0 Å². The van der Waals surface area contributed by atoms with Gasteiger partial charge in [0.2, 0.25) is 0 Å². The van der Waals surface area contributed by atoms with Gasteiger partial charge in [-0.2, -0.15) is 0 Å². The van der Waals surface area contributed by atoms with E-state index < -0.39 is 0 Å². The van der Waals surface area contributed by atoms with Crippen molar-refractivity contribution >= 4 is 17.5 Å². The number of amides is 1. The van der Waals surface area contributed by atoms with Crippen molar-refractivity contribution in [2.24, 2.45) is 0 Å². The van der Waals surface area contributed by atoms with Crippen LogP contribution in [0.5, 0.6) is 0 Å². The summed E-state index contributed by atoms with van der Waals surface area (Å²) in [7, 11) is 0. The molecule has 102 valence electrons. The first-order valence-corrected chi connectivity index (χ1v) is 7.21. The molecule has 0 aromatic heterocycles. The van der Waals surface area contributed by atoms with Crippen molar-refractivity contribution in [3.63, 3.8) is 0 Å². The van der Waals surface area contributed by atoms with Crippen LogP contribution in [-0.4, -0.2) is 5.91 Å². The van der Waals surface area contributed by atoms with E-state index in [0.29, 0.717) is 5.56 Å². The second-order valence-electron chi connectivity index (χ2n) is 5.26. The molecule has 1 aliphatic rings. The molecule has 0 heterocycles. The van der Waals surface area contributed by atoms with Crippen molar-refractivity contribution in [2.75, 3.05) is 0 Å². The number of halogens is 1. The molecule has 1 N–H and O–H groups in total. The predicted octanol–water partition coefficient (Wildman–Crippen LogP) is 4.15. The molecule has 0 radical (unpaired) electrons. The van der Waals surface area contributed by atoms with Crippen molar-refractivity contribution < 1.29 is 4.79 Å². The van der Waals surface area contributed by atoms with Crippen LogP contribution in [0.1, 0.15) is 35.2 Å². The summed E-state index contributed by atoms with van der Waals surface area (Å²) in [5.74, 6) is -0.0137. The van der Waals surface area contributed by atoms with E-state index in [1.54, 1.807) is 0 Å². The van der Waals surface area contributed by atoms with E-state index in [9.17, 15) is 4.79 Å². The van der Waals surface area contributed by atoms with Gasteiger partial charge in [-0.25, -0.2) is 0 Å². The van der Waals surface area contributed by atoms with E-state index in [4.69, 9.17) is 11.6 Å². The number of benzene rings is 2. The summed E-state index contributed by atoms with van der Waals surface area (Å²) in [6, 6.07) is 17.1. The van der Waals surface area contributed by atoms with Crippen LogP contribution in [0.15, 0.2) is 54.6 Å². The highest BCUT2D eigenvalue weighted by Gasteiger charge is 2.40. The zero-order chi connectivity index (χ0) is 14.0. The number of carbonyl (C=O) groups is 1. The van der Waals surface area contributed by atoms with Crippen molar-refractivity contribution in [1.82, 2.24) is 5.32 Å². The van der Waals surface area contributed by atoms with Gasteiger partial charge in [0.25, 0.3) is 5.91 Å². The van der Waals surface area contributed by atoms with Crippen molar-refractivity contribution in [3.05, 3.63) is 70.7 Å². The Bertz CT molecular complexity index is 603. The minimum absolute atomic E-state index is 0.0137. The second-order valence-corrected chi connectivity index (χ2v) is 5.70. The van der Waals surface area contributed by atoms with Crippen molar-refractivity contribution in [3.8, 4) is 0 Å². The topological polar surface area (TPSA) is 29.1 Å². The molecule has 0 aliphatic heterocycles. The Hall–Kier alpha value is -1.80. The minimum Gasteiger partial charge on any atom is -0.343 e. The minimum atomic E-state index is -0.225. The summed E-state index contributed by atoms with van der Waals surface area (Å²) in [5, 5.41) is 3.92. The Morgan fingerprint density at radius 3 is 2.20 bits per heavy atom. The molecule has 2 aromatic rings. The van der Waals surface area contributed by atoms with Crippen LogP contribution in [0.25, 0.3) is 0 Å². The first-order chi connectivity index (χ1) is 9.70. The third kappa shape index (κ3) is 2.44. The van der Waals surface area contributed by atoms with E-state index in [1.165, 1.54) is 0 Å². The van der Waals surface area contributed by atoms with Gasteiger partial charge in [-0.1, -0.05) is 41.9 Å². The molecular formula is C17H16ClNO. The van der Waals surface area contributed by atoms with Gasteiger partial charge >= 0.3 is 0 Å². The smallest absolute Gasteiger partial charge is 0.251 e. The molecule has 1 aliphatic carbocycles. The maximum atomic E-state index is 12.4. The standard InChI is InChI=1S/C17H16ClNO/c18-15-9-7-14(8-10-15)17(11-4-12-17)19-16(20)13-5-2-1-3-6-13/h1-3,5-10H,4,11-12H2,(H,19,20). The van der Waals surface area contributed by atoms with Crippen LogP contribution >= 0.6 is 11.6 Å². The third-order valence-electron chi connectivity index (χ3n) is 3.99. The van der Waals surface area contributed by atoms with E-state index in [1.807, 2.05) is 54.6 Å². The number of rotatable bonds is 3. The lowest BCUT2D eigenvalue weighted by atomic mass is 9.71. The van der Waals surface area contributed by atoms with Crippen molar-refractivity contribution in [1.29, 1.82) is 0 Å². The molecule has 0 bridgehead atoms.